The van der Waals surface area contributed by atoms with Crippen molar-refractivity contribution in [2.75, 3.05) is 11.9 Å². The van der Waals surface area contributed by atoms with E-state index in [9.17, 15) is 17.6 Å². The van der Waals surface area contributed by atoms with Crippen molar-refractivity contribution in [2.24, 2.45) is 0 Å². The SMILES string of the molecule is FC(F)C(F)(F)CNc1cncc(Cl)n1. The second-order valence-electron chi connectivity index (χ2n) is 2.64. The number of rotatable bonds is 4. The maximum absolute atomic E-state index is 12.4. The van der Waals surface area contributed by atoms with Crippen LogP contribution in [0.4, 0.5) is 23.4 Å². The maximum Gasteiger partial charge on any atom is 0.324 e. The Morgan fingerprint density at radius 1 is 1.40 bits per heavy atom. The summed E-state index contributed by atoms with van der Waals surface area (Å²) in [5, 5.41) is 2.01. The predicted octanol–water partition coefficient (Wildman–Crippen LogP) is 2.44. The van der Waals surface area contributed by atoms with Crippen molar-refractivity contribution < 1.29 is 17.6 Å². The molecule has 0 aliphatic carbocycles. The lowest BCUT2D eigenvalue weighted by Crippen LogP contribution is -2.35. The van der Waals surface area contributed by atoms with E-state index in [0.29, 0.717) is 0 Å². The van der Waals surface area contributed by atoms with Crippen molar-refractivity contribution in [3.05, 3.63) is 17.5 Å². The first-order valence-electron chi connectivity index (χ1n) is 3.79. The van der Waals surface area contributed by atoms with Gasteiger partial charge in [-0.15, -0.1) is 0 Å². The highest BCUT2D eigenvalue weighted by Crippen LogP contribution is 2.22. The monoisotopic (exact) mass is 243 g/mol. The summed E-state index contributed by atoms with van der Waals surface area (Å²) in [6.45, 7) is -1.22. The van der Waals surface area contributed by atoms with E-state index in [1.807, 2.05) is 5.32 Å². The van der Waals surface area contributed by atoms with Crippen molar-refractivity contribution in [3.63, 3.8) is 0 Å². The van der Waals surface area contributed by atoms with Gasteiger partial charge >= 0.3 is 12.3 Å². The number of hydrogen-bond acceptors (Lipinski definition) is 3. The zero-order chi connectivity index (χ0) is 11.5. The lowest BCUT2D eigenvalue weighted by molar-refractivity contribution is -0.117. The normalized spacial score (nSPS) is 11.9. The molecule has 1 rings (SSSR count). The standard InChI is InChI=1S/C7H6ClF4N3/c8-4-1-13-2-5(15-4)14-3-7(11,12)6(9)10/h1-2,6H,3H2,(H,14,15). The van der Waals surface area contributed by atoms with E-state index >= 15 is 0 Å². The molecule has 0 saturated carbocycles. The van der Waals surface area contributed by atoms with Crippen LogP contribution in [0.25, 0.3) is 0 Å². The van der Waals surface area contributed by atoms with Crippen LogP contribution in [-0.4, -0.2) is 28.9 Å². The van der Waals surface area contributed by atoms with Gasteiger partial charge in [0.05, 0.1) is 18.9 Å². The molecule has 1 aromatic heterocycles. The van der Waals surface area contributed by atoms with Crippen molar-refractivity contribution in [1.82, 2.24) is 9.97 Å². The third-order valence-electron chi connectivity index (χ3n) is 1.43. The van der Waals surface area contributed by atoms with Gasteiger partial charge in [-0.2, -0.15) is 8.78 Å². The van der Waals surface area contributed by atoms with Gasteiger partial charge in [-0.1, -0.05) is 11.6 Å². The average molecular weight is 244 g/mol. The molecule has 1 heterocycles. The van der Waals surface area contributed by atoms with E-state index in [4.69, 9.17) is 11.6 Å². The minimum atomic E-state index is -4.11. The topological polar surface area (TPSA) is 37.8 Å². The zero-order valence-electron chi connectivity index (χ0n) is 7.22. The van der Waals surface area contributed by atoms with Crippen LogP contribution in [0.1, 0.15) is 0 Å². The van der Waals surface area contributed by atoms with Crippen molar-refractivity contribution in [3.8, 4) is 0 Å². The number of nitrogens with zero attached hydrogens (tertiary/aromatic N) is 2. The number of hydrogen-bond donors (Lipinski definition) is 1. The molecule has 0 atom stereocenters. The number of halogens is 5. The molecule has 3 nitrogen and oxygen atoms in total. The van der Waals surface area contributed by atoms with Crippen LogP contribution >= 0.6 is 11.6 Å². The van der Waals surface area contributed by atoms with Gasteiger partial charge in [0.1, 0.15) is 11.0 Å². The molecule has 0 bridgehead atoms. The lowest BCUT2D eigenvalue weighted by atomic mass is 10.3. The number of aromatic nitrogens is 2. The second kappa shape index (κ2) is 4.61. The molecule has 0 unspecified atom stereocenters. The summed E-state index contributed by atoms with van der Waals surface area (Å²) < 4.78 is 48.4. The lowest BCUT2D eigenvalue weighted by Gasteiger charge is -2.15. The molecule has 1 N–H and O–H groups in total. The van der Waals surface area contributed by atoms with Gasteiger partial charge in [0.25, 0.3) is 0 Å². The van der Waals surface area contributed by atoms with E-state index in [-0.39, 0.29) is 11.0 Å². The smallest absolute Gasteiger partial charge is 0.324 e. The van der Waals surface area contributed by atoms with Gasteiger partial charge in [0.15, 0.2) is 0 Å². The third-order valence-corrected chi connectivity index (χ3v) is 1.61. The molecule has 15 heavy (non-hydrogen) atoms. The van der Waals surface area contributed by atoms with E-state index in [1.54, 1.807) is 0 Å². The Balaban J connectivity index is 2.57. The summed E-state index contributed by atoms with van der Waals surface area (Å²) in [4.78, 5) is 7.09. The van der Waals surface area contributed by atoms with E-state index in [1.165, 1.54) is 6.20 Å². The summed E-state index contributed by atoms with van der Waals surface area (Å²) in [6, 6.07) is 0. The first kappa shape index (κ1) is 12.0. The molecule has 0 saturated heterocycles. The minimum Gasteiger partial charge on any atom is -0.362 e. The summed E-state index contributed by atoms with van der Waals surface area (Å²) in [6.07, 6.45) is -1.43. The molecule has 0 radical (unpaired) electrons. The zero-order valence-corrected chi connectivity index (χ0v) is 7.98. The second-order valence-corrected chi connectivity index (χ2v) is 3.03. The molecule has 1 aromatic rings. The van der Waals surface area contributed by atoms with Crippen molar-refractivity contribution in [2.45, 2.75) is 12.3 Å². The molecular weight excluding hydrogens is 238 g/mol. The minimum absolute atomic E-state index is 0.0136. The van der Waals surface area contributed by atoms with Crippen molar-refractivity contribution >= 4 is 17.4 Å². The molecule has 0 aromatic carbocycles. The van der Waals surface area contributed by atoms with Crippen LogP contribution in [0, 0.1) is 0 Å². The van der Waals surface area contributed by atoms with Crippen LogP contribution in [0.15, 0.2) is 12.4 Å². The van der Waals surface area contributed by atoms with Gasteiger partial charge in [-0.25, -0.2) is 13.8 Å². The number of anilines is 1. The Hall–Kier alpha value is -1.11. The Kier molecular flexibility index (Phi) is 3.67. The Morgan fingerprint density at radius 2 is 2.07 bits per heavy atom. The first-order chi connectivity index (χ1) is 6.92. The molecule has 84 valence electrons. The van der Waals surface area contributed by atoms with E-state index < -0.39 is 18.9 Å². The van der Waals surface area contributed by atoms with Gasteiger partial charge < -0.3 is 5.32 Å². The fraction of sp³-hybridized carbons (Fsp3) is 0.429. The summed E-state index contributed by atoms with van der Waals surface area (Å²) in [7, 11) is 0. The molecule has 0 aliphatic rings. The third kappa shape index (κ3) is 3.50. The largest absolute Gasteiger partial charge is 0.362 e. The van der Waals surface area contributed by atoms with Crippen LogP contribution < -0.4 is 5.32 Å². The summed E-state index contributed by atoms with van der Waals surface area (Å²) in [5.41, 5.74) is 0. The molecular formula is C7H6ClF4N3. The van der Waals surface area contributed by atoms with Gasteiger partial charge in [-0.3, -0.25) is 4.98 Å². The maximum atomic E-state index is 12.4. The number of nitrogens with one attached hydrogen (secondary N) is 1. The highest BCUT2D eigenvalue weighted by atomic mass is 35.5. The van der Waals surface area contributed by atoms with Crippen LogP contribution in [0.2, 0.25) is 5.15 Å². The van der Waals surface area contributed by atoms with E-state index in [2.05, 4.69) is 9.97 Å². The Bertz CT molecular complexity index is 334. The molecule has 0 aliphatic heterocycles. The molecule has 0 amide bonds. The van der Waals surface area contributed by atoms with Crippen LogP contribution in [0.3, 0.4) is 0 Å². The highest BCUT2D eigenvalue weighted by Gasteiger charge is 2.40. The quantitative estimate of drug-likeness (QED) is 0.826. The highest BCUT2D eigenvalue weighted by molar-refractivity contribution is 6.29. The van der Waals surface area contributed by atoms with Gasteiger partial charge in [-0.05, 0) is 0 Å². The van der Waals surface area contributed by atoms with Gasteiger partial charge in [0, 0.05) is 0 Å². The Labute approximate surface area is 87.5 Å². The molecule has 0 spiro atoms. The fourth-order valence-corrected chi connectivity index (χ4v) is 0.860. The first-order valence-corrected chi connectivity index (χ1v) is 4.17. The van der Waals surface area contributed by atoms with Crippen molar-refractivity contribution in [1.29, 1.82) is 0 Å². The molecule has 0 fully saturated rings. The van der Waals surface area contributed by atoms with Gasteiger partial charge in [0.2, 0.25) is 0 Å². The van der Waals surface area contributed by atoms with Crippen LogP contribution in [0.5, 0.6) is 0 Å². The fourth-order valence-electron chi connectivity index (χ4n) is 0.713. The average Bonchev–Trinajstić information content (AvgIpc) is 2.15. The Morgan fingerprint density at radius 3 is 2.60 bits per heavy atom. The summed E-state index contributed by atoms with van der Waals surface area (Å²) in [5.74, 6) is -4.19. The predicted molar refractivity (Wildman–Crippen MR) is 46.5 cm³/mol. The van der Waals surface area contributed by atoms with E-state index in [0.717, 1.165) is 6.20 Å². The molecule has 8 heteroatoms. The summed E-state index contributed by atoms with van der Waals surface area (Å²) >= 11 is 5.41. The van der Waals surface area contributed by atoms with Crippen LogP contribution in [-0.2, 0) is 0 Å². The number of alkyl halides is 4.